The van der Waals surface area contributed by atoms with Crippen LogP contribution in [0.3, 0.4) is 0 Å². The molecule has 0 spiro atoms. The van der Waals surface area contributed by atoms with Gasteiger partial charge in [-0.2, -0.15) is 0 Å². The molecule has 0 aromatic rings. The lowest BCUT2D eigenvalue weighted by molar-refractivity contribution is -0.128. The Morgan fingerprint density at radius 2 is 2.17 bits per heavy atom. The topological polar surface area (TPSA) is 52.6 Å². The average Bonchev–Trinajstić information content (AvgIpc) is 1.97. The lowest BCUT2D eigenvalue weighted by Gasteiger charge is -2.10. The van der Waals surface area contributed by atoms with Gasteiger partial charge in [0.05, 0.1) is 6.10 Å². The van der Waals surface area contributed by atoms with Crippen molar-refractivity contribution >= 4 is 5.91 Å². The monoisotopic (exact) mass is 174 g/mol. The average molecular weight is 174 g/mol. The predicted molar refractivity (Wildman–Crippen MR) is 47.9 cm³/mol. The normalized spacial score (nSPS) is 12.7. The largest absolute Gasteiger partial charge is 0.392 e. The van der Waals surface area contributed by atoms with E-state index in [9.17, 15) is 4.79 Å². The SMILES string of the molecule is CC(O)CNCCC(=O)N(C)C. The number of carbonyl (C=O) groups is 1. The fourth-order valence-electron chi connectivity index (χ4n) is 0.730. The number of aliphatic hydroxyl groups is 1. The van der Waals surface area contributed by atoms with E-state index in [4.69, 9.17) is 5.11 Å². The Labute approximate surface area is 73.6 Å². The molecule has 12 heavy (non-hydrogen) atoms. The van der Waals surface area contributed by atoms with E-state index >= 15 is 0 Å². The highest BCUT2D eigenvalue weighted by Gasteiger charge is 2.02. The summed E-state index contributed by atoms with van der Waals surface area (Å²) >= 11 is 0. The second-order valence-electron chi connectivity index (χ2n) is 3.09. The molecule has 1 unspecified atom stereocenters. The van der Waals surface area contributed by atoms with E-state index in [-0.39, 0.29) is 12.0 Å². The van der Waals surface area contributed by atoms with Crippen LogP contribution in [0.2, 0.25) is 0 Å². The zero-order valence-corrected chi connectivity index (χ0v) is 8.00. The highest BCUT2D eigenvalue weighted by Crippen LogP contribution is 1.85. The Hall–Kier alpha value is -0.610. The molecule has 0 aliphatic heterocycles. The van der Waals surface area contributed by atoms with Crippen LogP contribution in [-0.2, 0) is 4.79 Å². The zero-order valence-electron chi connectivity index (χ0n) is 8.00. The molecule has 2 N–H and O–H groups in total. The molecule has 4 nitrogen and oxygen atoms in total. The van der Waals surface area contributed by atoms with Crippen molar-refractivity contribution in [2.75, 3.05) is 27.2 Å². The van der Waals surface area contributed by atoms with Crippen molar-refractivity contribution in [3.8, 4) is 0 Å². The molecule has 0 fully saturated rings. The Morgan fingerprint density at radius 3 is 2.58 bits per heavy atom. The van der Waals surface area contributed by atoms with Crippen LogP contribution >= 0.6 is 0 Å². The van der Waals surface area contributed by atoms with Crippen molar-refractivity contribution in [3.63, 3.8) is 0 Å². The van der Waals surface area contributed by atoms with E-state index in [1.807, 2.05) is 0 Å². The van der Waals surface area contributed by atoms with Crippen LogP contribution in [0.15, 0.2) is 0 Å². The van der Waals surface area contributed by atoms with Crippen LogP contribution in [0, 0.1) is 0 Å². The summed E-state index contributed by atoms with van der Waals surface area (Å²) in [4.78, 5) is 12.6. The smallest absolute Gasteiger partial charge is 0.223 e. The Balaban J connectivity index is 3.26. The number of rotatable bonds is 5. The first-order chi connectivity index (χ1) is 5.54. The van der Waals surface area contributed by atoms with E-state index in [1.54, 1.807) is 25.9 Å². The summed E-state index contributed by atoms with van der Waals surface area (Å²) in [5.41, 5.74) is 0. The van der Waals surface area contributed by atoms with Crippen LogP contribution in [0.5, 0.6) is 0 Å². The van der Waals surface area contributed by atoms with Gasteiger partial charge in [0.25, 0.3) is 0 Å². The summed E-state index contributed by atoms with van der Waals surface area (Å²) in [6.07, 6.45) is 0.138. The standard InChI is InChI=1S/C8H18N2O2/c1-7(11)6-9-5-4-8(12)10(2)3/h7,9,11H,4-6H2,1-3H3. The molecule has 1 amide bonds. The molecule has 0 bridgehead atoms. The molecule has 72 valence electrons. The minimum atomic E-state index is -0.348. The fourth-order valence-corrected chi connectivity index (χ4v) is 0.730. The Morgan fingerprint density at radius 1 is 1.58 bits per heavy atom. The van der Waals surface area contributed by atoms with Gasteiger partial charge in [-0.15, -0.1) is 0 Å². The van der Waals surface area contributed by atoms with Crippen molar-refractivity contribution in [3.05, 3.63) is 0 Å². The molecule has 0 saturated heterocycles. The van der Waals surface area contributed by atoms with Crippen molar-refractivity contribution in [2.24, 2.45) is 0 Å². The molecule has 0 aliphatic rings. The summed E-state index contributed by atoms with van der Waals surface area (Å²) < 4.78 is 0. The summed E-state index contributed by atoms with van der Waals surface area (Å²) in [6.45, 7) is 2.88. The maximum absolute atomic E-state index is 11.0. The molecule has 0 heterocycles. The van der Waals surface area contributed by atoms with E-state index in [0.29, 0.717) is 19.5 Å². The molecule has 0 saturated carbocycles. The van der Waals surface area contributed by atoms with Crippen LogP contribution < -0.4 is 5.32 Å². The van der Waals surface area contributed by atoms with Gasteiger partial charge in [-0.1, -0.05) is 0 Å². The molecule has 0 aromatic heterocycles. The van der Waals surface area contributed by atoms with Crippen molar-refractivity contribution < 1.29 is 9.90 Å². The first kappa shape index (κ1) is 11.4. The van der Waals surface area contributed by atoms with Crippen LogP contribution in [0.4, 0.5) is 0 Å². The number of hydrogen-bond donors (Lipinski definition) is 2. The summed E-state index contributed by atoms with van der Waals surface area (Å²) in [7, 11) is 3.47. The third-order valence-electron chi connectivity index (χ3n) is 1.45. The van der Waals surface area contributed by atoms with Crippen molar-refractivity contribution in [1.82, 2.24) is 10.2 Å². The number of aliphatic hydroxyl groups excluding tert-OH is 1. The number of amides is 1. The maximum atomic E-state index is 11.0. The van der Waals surface area contributed by atoms with Gasteiger partial charge in [0.1, 0.15) is 0 Å². The molecule has 1 atom stereocenters. The molecular formula is C8H18N2O2. The van der Waals surface area contributed by atoms with Gasteiger partial charge in [0, 0.05) is 33.6 Å². The Bertz CT molecular complexity index is 135. The van der Waals surface area contributed by atoms with Crippen LogP contribution in [0.25, 0.3) is 0 Å². The lowest BCUT2D eigenvalue weighted by Crippen LogP contribution is -2.30. The molecule has 0 rings (SSSR count). The summed E-state index contributed by atoms with van der Waals surface area (Å²) in [6, 6.07) is 0. The number of carbonyl (C=O) groups excluding carboxylic acids is 1. The number of hydrogen-bond acceptors (Lipinski definition) is 3. The van der Waals surface area contributed by atoms with Gasteiger partial charge < -0.3 is 15.3 Å². The second kappa shape index (κ2) is 5.97. The van der Waals surface area contributed by atoms with Gasteiger partial charge in [-0.05, 0) is 6.92 Å². The minimum Gasteiger partial charge on any atom is -0.392 e. The highest BCUT2D eigenvalue weighted by molar-refractivity contribution is 5.75. The van der Waals surface area contributed by atoms with E-state index in [1.165, 1.54) is 0 Å². The lowest BCUT2D eigenvalue weighted by atomic mass is 10.3. The van der Waals surface area contributed by atoms with E-state index in [0.717, 1.165) is 0 Å². The minimum absolute atomic E-state index is 0.105. The summed E-state index contributed by atoms with van der Waals surface area (Å²) in [5.74, 6) is 0.105. The zero-order chi connectivity index (χ0) is 9.56. The number of nitrogens with zero attached hydrogens (tertiary/aromatic N) is 1. The van der Waals surface area contributed by atoms with Crippen molar-refractivity contribution in [2.45, 2.75) is 19.4 Å². The first-order valence-electron chi connectivity index (χ1n) is 4.13. The third-order valence-corrected chi connectivity index (χ3v) is 1.45. The van der Waals surface area contributed by atoms with Gasteiger partial charge >= 0.3 is 0 Å². The van der Waals surface area contributed by atoms with Gasteiger partial charge in [-0.3, -0.25) is 4.79 Å². The van der Waals surface area contributed by atoms with Crippen LogP contribution in [0.1, 0.15) is 13.3 Å². The number of nitrogens with one attached hydrogen (secondary N) is 1. The van der Waals surface area contributed by atoms with E-state index in [2.05, 4.69) is 5.32 Å². The molecule has 0 aromatic carbocycles. The molecule has 0 radical (unpaired) electrons. The molecular weight excluding hydrogens is 156 g/mol. The maximum Gasteiger partial charge on any atom is 0.223 e. The van der Waals surface area contributed by atoms with Crippen LogP contribution in [-0.4, -0.2) is 49.2 Å². The third kappa shape index (κ3) is 6.12. The van der Waals surface area contributed by atoms with Gasteiger partial charge in [0.2, 0.25) is 5.91 Å². The highest BCUT2D eigenvalue weighted by atomic mass is 16.3. The van der Waals surface area contributed by atoms with Gasteiger partial charge in [-0.25, -0.2) is 0 Å². The second-order valence-corrected chi connectivity index (χ2v) is 3.09. The molecule has 0 aliphatic carbocycles. The quantitative estimate of drug-likeness (QED) is 0.549. The Kier molecular flexibility index (Phi) is 5.66. The van der Waals surface area contributed by atoms with E-state index < -0.39 is 0 Å². The summed E-state index contributed by atoms with van der Waals surface area (Å²) in [5, 5.41) is 11.8. The van der Waals surface area contributed by atoms with Gasteiger partial charge in [0.15, 0.2) is 0 Å². The first-order valence-corrected chi connectivity index (χ1v) is 4.13. The predicted octanol–water partition coefficient (Wildman–Crippen LogP) is -0.565. The molecule has 4 heteroatoms. The fraction of sp³-hybridized carbons (Fsp3) is 0.875. The van der Waals surface area contributed by atoms with Crippen molar-refractivity contribution in [1.29, 1.82) is 0 Å².